The molecule has 0 saturated carbocycles. The molecule has 1 rings (SSSR count). The lowest BCUT2D eigenvalue weighted by molar-refractivity contribution is -0.136. The number of nitrogens with one attached hydrogen (secondary N) is 1. The summed E-state index contributed by atoms with van der Waals surface area (Å²) in [5.74, 6) is -0.913. The fraction of sp³-hybridized carbons (Fsp3) is 0.467. The highest BCUT2D eigenvalue weighted by atomic mass is 16.4. The molecule has 0 radical (unpaired) electrons. The lowest BCUT2D eigenvalue weighted by Crippen LogP contribution is -2.41. The quantitative estimate of drug-likeness (QED) is 0.753. The molecule has 110 valence electrons. The van der Waals surface area contributed by atoms with Crippen molar-refractivity contribution in [2.24, 2.45) is 0 Å². The van der Waals surface area contributed by atoms with Crippen molar-refractivity contribution in [2.45, 2.75) is 33.1 Å². The summed E-state index contributed by atoms with van der Waals surface area (Å²) < 4.78 is 0. The number of urea groups is 1. The number of carbonyl (C=O) groups is 2. The Balaban J connectivity index is 2.75. The molecule has 5 nitrogen and oxygen atoms in total. The fourth-order valence-corrected chi connectivity index (χ4v) is 1.75. The standard InChI is InChI=1S/C15H22N2O3/c1-3-4-10-16-15(20)17(11-9-14(18)19)13-7-5-12(2)6-8-13/h5-8H,3-4,9-11H2,1-2H3,(H,16,20)(H,18,19). The Morgan fingerprint density at radius 2 is 1.90 bits per heavy atom. The smallest absolute Gasteiger partial charge is 0.321 e. The molecule has 0 saturated heterocycles. The second kappa shape index (κ2) is 8.19. The molecular weight excluding hydrogens is 256 g/mol. The molecule has 20 heavy (non-hydrogen) atoms. The van der Waals surface area contributed by atoms with Crippen LogP contribution in [0, 0.1) is 6.92 Å². The van der Waals surface area contributed by atoms with Crippen LogP contribution in [0.5, 0.6) is 0 Å². The summed E-state index contributed by atoms with van der Waals surface area (Å²) >= 11 is 0. The van der Waals surface area contributed by atoms with Crippen molar-refractivity contribution >= 4 is 17.7 Å². The fourth-order valence-electron chi connectivity index (χ4n) is 1.75. The van der Waals surface area contributed by atoms with Crippen molar-refractivity contribution in [3.8, 4) is 0 Å². The maximum Gasteiger partial charge on any atom is 0.321 e. The topological polar surface area (TPSA) is 69.6 Å². The number of aryl methyl sites for hydroxylation is 1. The van der Waals surface area contributed by atoms with Gasteiger partial charge in [0.25, 0.3) is 0 Å². The number of rotatable bonds is 7. The molecule has 1 aromatic carbocycles. The summed E-state index contributed by atoms with van der Waals surface area (Å²) in [5, 5.41) is 11.6. The van der Waals surface area contributed by atoms with E-state index in [-0.39, 0.29) is 19.0 Å². The highest BCUT2D eigenvalue weighted by Crippen LogP contribution is 2.15. The monoisotopic (exact) mass is 278 g/mol. The minimum absolute atomic E-state index is 0.0743. The van der Waals surface area contributed by atoms with Crippen molar-refractivity contribution in [2.75, 3.05) is 18.0 Å². The number of benzene rings is 1. The van der Waals surface area contributed by atoms with Crippen LogP contribution in [0.3, 0.4) is 0 Å². The van der Waals surface area contributed by atoms with Gasteiger partial charge in [-0.05, 0) is 25.5 Å². The van der Waals surface area contributed by atoms with E-state index < -0.39 is 5.97 Å². The maximum absolute atomic E-state index is 12.1. The number of carboxylic acid groups (broad SMARTS) is 1. The van der Waals surface area contributed by atoms with E-state index in [0.717, 1.165) is 18.4 Å². The van der Waals surface area contributed by atoms with Gasteiger partial charge in [-0.2, -0.15) is 0 Å². The summed E-state index contributed by atoms with van der Waals surface area (Å²) in [6, 6.07) is 7.22. The first kappa shape index (κ1) is 16.0. The number of aliphatic carboxylic acids is 1. The molecule has 0 aliphatic carbocycles. The van der Waals surface area contributed by atoms with E-state index in [9.17, 15) is 9.59 Å². The minimum atomic E-state index is -0.913. The lowest BCUT2D eigenvalue weighted by atomic mass is 10.2. The average Bonchev–Trinajstić information content (AvgIpc) is 2.41. The third-order valence-corrected chi connectivity index (χ3v) is 2.95. The highest BCUT2D eigenvalue weighted by Gasteiger charge is 2.16. The number of hydrogen-bond donors (Lipinski definition) is 2. The zero-order valence-corrected chi connectivity index (χ0v) is 12.1. The van der Waals surface area contributed by atoms with Gasteiger partial charge in [-0.25, -0.2) is 4.79 Å². The number of hydrogen-bond acceptors (Lipinski definition) is 2. The lowest BCUT2D eigenvalue weighted by Gasteiger charge is -2.22. The number of anilines is 1. The van der Waals surface area contributed by atoms with Crippen LogP contribution < -0.4 is 10.2 Å². The summed E-state index contributed by atoms with van der Waals surface area (Å²) in [6.45, 7) is 4.78. The normalized spacial score (nSPS) is 10.1. The summed E-state index contributed by atoms with van der Waals surface area (Å²) in [4.78, 5) is 24.3. The number of carbonyl (C=O) groups excluding carboxylic acids is 1. The molecule has 5 heteroatoms. The Morgan fingerprint density at radius 3 is 2.45 bits per heavy atom. The van der Waals surface area contributed by atoms with Crippen molar-refractivity contribution in [1.29, 1.82) is 0 Å². The van der Waals surface area contributed by atoms with Gasteiger partial charge in [-0.3, -0.25) is 9.69 Å². The molecule has 0 aromatic heterocycles. The van der Waals surface area contributed by atoms with Crippen LogP contribution >= 0.6 is 0 Å². The van der Waals surface area contributed by atoms with Gasteiger partial charge in [0, 0.05) is 18.8 Å². The van der Waals surface area contributed by atoms with E-state index in [1.165, 1.54) is 4.90 Å². The molecule has 2 N–H and O–H groups in total. The molecule has 0 atom stereocenters. The first-order valence-corrected chi connectivity index (χ1v) is 6.88. The summed E-state index contributed by atoms with van der Waals surface area (Å²) in [6.07, 6.45) is 1.83. The zero-order chi connectivity index (χ0) is 15.0. The van der Waals surface area contributed by atoms with Gasteiger partial charge in [0.1, 0.15) is 0 Å². The molecule has 0 aliphatic rings. The minimum Gasteiger partial charge on any atom is -0.481 e. The third kappa shape index (κ3) is 5.30. The second-order valence-electron chi connectivity index (χ2n) is 4.72. The summed E-state index contributed by atoms with van der Waals surface area (Å²) in [5.41, 5.74) is 1.81. The first-order chi connectivity index (χ1) is 9.54. The van der Waals surface area contributed by atoms with E-state index in [1.54, 1.807) is 0 Å². The van der Waals surface area contributed by atoms with Gasteiger partial charge >= 0.3 is 12.0 Å². The molecule has 0 unspecified atom stereocenters. The Morgan fingerprint density at radius 1 is 1.25 bits per heavy atom. The van der Waals surface area contributed by atoms with Crippen molar-refractivity contribution in [1.82, 2.24) is 5.32 Å². The third-order valence-electron chi connectivity index (χ3n) is 2.95. The van der Waals surface area contributed by atoms with Crippen LogP contribution in [0.2, 0.25) is 0 Å². The highest BCUT2D eigenvalue weighted by molar-refractivity contribution is 5.92. The molecule has 0 bridgehead atoms. The van der Waals surface area contributed by atoms with E-state index >= 15 is 0 Å². The predicted molar refractivity (Wildman–Crippen MR) is 79.1 cm³/mol. The van der Waals surface area contributed by atoms with Gasteiger partial charge in [-0.15, -0.1) is 0 Å². The Labute approximate surface area is 119 Å². The molecular formula is C15H22N2O3. The molecule has 0 spiro atoms. The molecule has 2 amide bonds. The van der Waals surface area contributed by atoms with Crippen LogP contribution in [0.4, 0.5) is 10.5 Å². The Kier molecular flexibility index (Phi) is 6.56. The second-order valence-corrected chi connectivity index (χ2v) is 4.72. The van der Waals surface area contributed by atoms with E-state index in [2.05, 4.69) is 5.32 Å². The average molecular weight is 278 g/mol. The van der Waals surface area contributed by atoms with Gasteiger partial charge in [0.15, 0.2) is 0 Å². The van der Waals surface area contributed by atoms with Crippen molar-refractivity contribution in [3.63, 3.8) is 0 Å². The van der Waals surface area contributed by atoms with Gasteiger partial charge in [-0.1, -0.05) is 31.0 Å². The van der Waals surface area contributed by atoms with Crippen molar-refractivity contribution < 1.29 is 14.7 Å². The number of carboxylic acids is 1. The summed E-state index contributed by atoms with van der Waals surface area (Å²) in [7, 11) is 0. The van der Waals surface area contributed by atoms with Crippen molar-refractivity contribution in [3.05, 3.63) is 29.8 Å². The molecule has 0 fully saturated rings. The molecule has 0 aliphatic heterocycles. The van der Waals surface area contributed by atoms with Crippen LogP contribution in [-0.2, 0) is 4.79 Å². The van der Waals surface area contributed by atoms with Crippen LogP contribution in [-0.4, -0.2) is 30.2 Å². The predicted octanol–water partition coefficient (Wildman–Crippen LogP) is 2.79. The number of unbranched alkanes of at least 4 members (excludes halogenated alkanes) is 1. The first-order valence-electron chi connectivity index (χ1n) is 6.88. The Hall–Kier alpha value is -2.04. The SMILES string of the molecule is CCCCNC(=O)N(CCC(=O)O)c1ccc(C)cc1. The van der Waals surface area contributed by atoms with Crippen LogP contribution in [0.25, 0.3) is 0 Å². The van der Waals surface area contributed by atoms with E-state index in [1.807, 2.05) is 38.1 Å². The van der Waals surface area contributed by atoms with Crippen LogP contribution in [0.1, 0.15) is 31.7 Å². The van der Waals surface area contributed by atoms with Gasteiger partial charge < -0.3 is 10.4 Å². The zero-order valence-electron chi connectivity index (χ0n) is 12.1. The number of nitrogens with zero attached hydrogens (tertiary/aromatic N) is 1. The number of amides is 2. The van der Waals surface area contributed by atoms with E-state index in [4.69, 9.17) is 5.11 Å². The Bertz CT molecular complexity index is 443. The van der Waals surface area contributed by atoms with Crippen LogP contribution in [0.15, 0.2) is 24.3 Å². The van der Waals surface area contributed by atoms with E-state index in [0.29, 0.717) is 12.2 Å². The van der Waals surface area contributed by atoms with Gasteiger partial charge in [0.05, 0.1) is 6.42 Å². The maximum atomic E-state index is 12.1. The van der Waals surface area contributed by atoms with Gasteiger partial charge in [0.2, 0.25) is 0 Å². The molecule has 1 aromatic rings. The largest absolute Gasteiger partial charge is 0.481 e. The molecule has 0 heterocycles.